The highest BCUT2D eigenvalue weighted by Gasteiger charge is 2.06. The molecule has 0 fully saturated rings. The topological polar surface area (TPSA) is 52.6 Å². The van der Waals surface area contributed by atoms with Crippen LogP contribution in [0, 0.1) is 0 Å². The van der Waals surface area contributed by atoms with Crippen molar-refractivity contribution in [3.8, 4) is 11.5 Å². The van der Waals surface area contributed by atoms with Gasteiger partial charge in [-0.1, -0.05) is 30.8 Å². The van der Waals surface area contributed by atoms with E-state index >= 15 is 0 Å². The first-order valence-electron chi connectivity index (χ1n) is 7.06. The fourth-order valence-electron chi connectivity index (χ4n) is 2.48. The Morgan fingerprint density at radius 2 is 1.39 bits per heavy atom. The monoisotopic (exact) mass is 306 g/mol. The van der Waals surface area contributed by atoms with E-state index in [-0.39, 0.29) is 5.97 Å². The second-order valence-corrected chi connectivity index (χ2v) is 5.05. The first kappa shape index (κ1) is 14.8. The molecule has 0 amide bonds. The number of carbonyl (C=O) groups excluding carboxylic acids is 2. The molecule has 3 rings (SSSR count). The minimum atomic E-state index is -0.490. The maximum Gasteiger partial charge on any atom is 0.335 e. The van der Waals surface area contributed by atoms with Gasteiger partial charge in [0.05, 0.1) is 0 Å². The van der Waals surface area contributed by atoms with Crippen LogP contribution in [-0.2, 0) is 9.59 Å². The molecule has 0 saturated heterocycles. The molecule has 0 aliphatic heterocycles. The number of hydrogen-bond acceptors (Lipinski definition) is 4. The van der Waals surface area contributed by atoms with Crippen LogP contribution in [0.1, 0.15) is 6.92 Å². The Kier molecular flexibility index (Phi) is 3.81. The van der Waals surface area contributed by atoms with E-state index < -0.39 is 5.97 Å². The van der Waals surface area contributed by atoms with Crippen LogP contribution < -0.4 is 9.47 Å². The molecule has 0 aliphatic carbocycles. The zero-order valence-corrected chi connectivity index (χ0v) is 12.5. The van der Waals surface area contributed by atoms with Gasteiger partial charge in [0, 0.05) is 13.0 Å². The van der Waals surface area contributed by atoms with Gasteiger partial charge in [0.2, 0.25) is 0 Å². The fourth-order valence-corrected chi connectivity index (χ4v) is 2.48. The highest BCUT2D eigenvalue weighted by atomic mass is 16.5. The van der Waals surface area contributed by atoms with Gasteiger partial charge >= 0.3 is 11.9 Å². The lowest BCUT2D eigenvalue weighted by Gasteiger charge is -2.08. The molecule has 0 aliphatic rings. The molecule has 0 N–H and O–H groups in total. The molecular weight excluding hydrogens is 292 g/mol. The van der Waals surface area contributed by atoms with E-state index in [4.69, 9.17) is 9.47 Å². The van der Waals surface area contributed by atoms with Gasteiger partial charge in [0.15, 0.2) is 0 Å². The molecular formula is C19H14O4. The molecule has 4 heteroatoms. The number of esters is 2. The molecule has 0 atom stereocenters. The molecule has 114 valence electrons. The Labute approximate surface area is 132 Å². The van der Waals surface area contributed by atoms with Crippen molar-refractivity contribution in [3.05, 3.63) is 61.2 Å². The Bertz CT molecular complexity index is 941. The van der Waals surface area contributed by atoms with E-state index in [1.807, 2.05) is 30.3 Å². The quantitative estimate of drug-likeness (QED) is 0.317. The first-order chi connectivity index (χ1) is 11.1. The van der Waals surface area contributed by atoms with Crippen LogP contribution in [0.15, 0.2) is 61.2 Å². The van der Waals surface area contributed by atoms with Crippen LogP contribution in [0.4, 0.5) is 0 Å². The Hall–Kier alpha value is -3.14. The summed E-state index contributed by atoms with van der Waals surface area (Å²) in [6.45, 7) is 4.75. The average Bonchev–Trinajstić information content (AvgIpc) is 2.53. The molecule has 0 heterocycles. The van der Waals surface area contributed by atoms with E-state index in [1.165, 1.54) is 6.92 Å². The van der Waals surface area contributed by atoms with Crippen molar-refractivity contribution in [2.45, 2.75) is 6.92 Å². The fraction of sp³-hybridized carbons (Fsp3) is 0.0526. The van der Waals surface area contributed by atoms with Crippen molar-refractivity contribution in [1.82, 2.24) is 0 Å². The third kappa shape index (κ3) is 3.06. The zero-order chi connectivity index (χ0) is 16.4. The van der Waals surface area contributed by atoms with Crippen LogP contribution >= 0.6 is 0 Å². The van der Waals surface area contributed by atoms with Crippen LogP contribution in [-0.4, -0.2) is 11.9 Å². The van der Waals surface area contributed by atoms with E-state index in [1.54, 1.807) is 18.2 Å². The van der Waals surface area contributed by atoms with Crippen LogP contribution in [0.25, 0.3) is 21.5 Å². The third-order valence-electron chi connectivity index (χ3n) is 3.43. The van der Waals surface area contributed by atoms with Crippen LogP contribution in [0.3, 0.4) is 0 Å². The minimum absolute atomic E-state index is 0.348. The maximum atomic E-state index is 11.3. The summed E-state index contributed by atoms with van der Waals surface area (Å²) in [7, 11) is 0. The van der Waals surface area contributed by atoms with E-state index in [0.29, 0.717) is 11.5 Å². The highest BCUT2D eigenvalue weighted by Crippen LogP contribution is 2.30. The number of fused-ring (bicyclic) bond motifs is 3. The smallest absolute Gasteiger partial charge is 0.335 e. The normalized spacial score (nSPS) is 10.5. The predicted molar refractivity (Wildman–Crippen MR) is 88.6 cm³/mol. The van der Waals surface area contributed by atoms with Crippen molar-refractivity contribution in [1.29, 1.82) is 0 Å². The van der Waals surface area contributed by atoms with Crippen molar-refractivity contribution in [2.24, 2.45) is 0 Å². The molecule has 0 bridgehead atoms. The molecule has 3 aromatic rings. The first-order valence-corrected chi connectivity index (χ1v) is 7.06. The van der Waals surface area contributed by atoms with Gasteiger partial charge in [-0.2, -0.15) is 0 Å². The second kappa shape index (κ2) is 5.93. The Morgan fingerprint density at radius 3 is 1.87 bits per heavy atom. The summed E-state index contributed by atoms with van der Waals surface area (Å²) in [5, 5.41) is 3.97. The van der Waals surface area contributed by atoms with Crippen LogP contribution in [0.5, 0.6) is 11.5 Å². The molecule has 0 spiro atoms. The summed E-state index contributed by atoms with van der Waals surface area (Å²) in [4.78, 5) is 22.3. The van der Waals surface area contributed by atoms with Gasteiger partial charge in [-0.15, -0.1) is 0 Å². The van der Waals surface area contributed by atoms with Gasteiger partial charge in [-0.25, -0.2) is 4.79 Å². The number of carbonyl (C=O) groups is 2. The van der Waals surface area contributed by atoms with E-state index in [9.17, 15) is 9.59 Å². The summed E-state index contributed by atoms with van der Waals surface area (Å²) in [5.41, 5.74) is 0. The number of rotatable bonds is 3. The Balaban J connectivity index is 2.07. The molecule has 23 heavy (non-hydrogen) atoms. The molecule has 4 nitrogen and oxygen atoms in total. The van der Waals surface area contributed by atoms with E-state index in [0.717, 1.165) is 27.6 Å². The lowest BCUT2D eigenvalue weighted by Crippen LogP contribution is -2.02. The second-order valence-electron chi connectivity index (χ2n) is 5.05. The predicted octanol–water partition coefficient (Wildman–Crippen LogP) is 4.01. The van der Waals surface area contributed by atoms with E-state index in [2.05, 4.69) is 6.58 Å². The van der Waals surface area contributed by atoms with Crippen molar-refractivity contribution in [3.63, 3.8) is 0 Å². The lowest BCUT2D eigenvalue weighted by atomic mass is 10.0. The molecule has 0 aromatic heterocycles. The van der Waals surface area contributed by atoms with Gasteiger partial charge < -0.3 is 9.47 Å². The summed E-state index contributed by atoms with van der Waals surface area (Å²) < 4.78 is 10.2. The molecule has 0 saturated carbocycles. The van der Waals surface area contributed by atoms with Gasteiger partial charge in [-0.3, -0.25) is 4.79 Å². The third-order valence-corrected chi connectivity index (χ3v) is 3.43. The summed E-state index contributed by atoms with van der Waals surface area (Å²) in [5.74, 6) is 0.147. The minimum Gasteiger partial charge on any atom is -0.427 e. The van der Waals surface area contributed by atoms with Crippen LogP contribution in [0.2, 0.25) is 0 Å². The number of benzene rings is 3. The number of ether oxygens (including phenoxy) is 2. The molecule has 0 unspecified atom stereocenters. The summed E-state index contributed by atoms with van der Waals surface area (Å²) in [6.07, 6.45) is 1.13. The SMILES string of the molecule is C=CC(=O)Oc1ccc2c(ccc3cc(OC(C)=O)ccc32)c1. The summed E-state index contributed by atoms with van der Waals surface area (Å²) in [6, 6.07) is 14.8. The average molecular weight is 306 g/mol. The molecule has 3 aromatic carbocycles. The molecule has 0 radical (unpaired) electrons. The maximum absolute atomic E-state index is 11.3. The standard InChI is InChI=1S/C19H14O4/c1-3-19(21)23-16-7-9-18-14(11-16)5-4-13-10-15(22-12(2)20)6-8-17(13)18/h3-11H,1H2,2H3. The number of hydrogen-bond donors (Lipinski definition) is 0. The summed E-state index contributed by atoms with van der Waals surface area (Å²) >= 11 is 0. The van der Waals surface area contributed by atoms with Crippen molar-refractivity contribution in [2.75, 3.05) is 0 Å². The van der Waals surface area contributed by atoms with Gasteiger partial charge in [-0.05, 0) is 45.8 Å². The van der Waals surface area contributed by atoms with Gasteiger partial charge in [0.1, 0.15) is 11.5 Å². The highest BCUT2D eigenvalue weighted by molar-refractivity contribution is 6.08. The lowest BCUT2D eigenvalue weighted by molar-refractivity contribution is -0.132. The van der Waals surface area contributed by atoms with Crippen molar-refractivity contribution >= 4 is 33.5 Å². The van der Waals surface area contributed by atoms with Gasteiger partial charge in [0.25, 0.3) is 0 Å². The Morgan fingerprint density at radius 1 is 0.870 bits per heavy atom. The zero-order valence-electron chi connectivity index (χ0n) is 12.5. The van der Waals surface area contributed by atoms with Crippen molar-refractivity contribution < 1.29 is 19.1 Å². The largest absolute Gasteiger partial charge is 0.427 e.